The standard InChI is InChI=1S/C66H118O6/c1-4-7-10-13-16-18-20-22-24-25-26-27-28-29-30-31-32-33-34-35-36-37-38-39-40-41-43-44-46-48-50-53-56-59-65(68)71-62-63(61-70-64(67)58-55-52-15-12-9-6-3)72-66(69)60-57-54-51-49-47-45-42-23-21-19-17-14-11-8-5-2/h7,10,16,18,22-24,26-27,42,63H,4-6,8-9,11-15,17,19-21,25,28-41,43-62H2,1-3H3/b10-7-,18-16-,24-22-,27-26-,42-23-. The van der Waals surface area contributed by atoms with Crippen molar-refractivity contribution in [2.75, 3.05) is 13.2 Å². The van der Waals surface area contributed by atoms with Crippen LogP contribution >= 0.6 is 0 Å². The van der Waals surface area contributed by atoms with Gasteiger partial charge in [0.2, 0.25) is 0 Å². The normalized spacial score (nSPS) is 12.4. The molecular weight excluding hydrogens is 889 g/mol. The molecule has 0 rings (SSSR count). The Labute approximate surface area is 447 Å². The predicted octanol–water partition coefficient (Wildman–Crippen LogP) is 21.2. The van der Waals surface area contributed by atoms with E-state index in [0.717, 1.165) is 89.9 Å². The number of ether oxygens (including phenoxy) is 3. The summed E-state index contributed by atoms with van der Waals surface area (Å²) in [4.78, 5) is 37.9. The Bertz CT molecular complexity index is 1290. The number of rotatable bonds is 57. The minimum Gasteiger partial charge on any atom is -0.462 e. The van der Waals surface area contributed by atoms with Gasteiger partial charge in [-0.15, -0.1) is 0 Å². The molecule has 0 saturated carbocycles. The van der Waals surface area contributed by atoms with Gasteiger partial charge in [-0.3, -0.25) is 14.4 Å². The van der Waals surface area contributed by atoms with E-state index in [-0.39, 0.29) is 31.1 Å². The molecule has 0 spiro atoms. The lowest BCUT2D eigenvalue weighted by Crippen LogP contribution is -2.30. The molecule has 0 aliphatic carbocycles. The Morgan fingerprint density at radius 3 is 0.861 bits per heavy atom. The Hall–Kier alpha value is -2.89. The van der Waals surface area contributed by atoms with Crippen LogP contribution in [0.2, 0.25) is 0 Å². The van der Waals surface area contributed by atoms with Gasteiger partial charge in [0.05, 0.1) is 0 Å². The lowest BCUT2D eigenvalue weighted by atomic mass is 10.0. The molecule has 0 fully saturated rings. The lowest BCUT2D eigenvalue weighted by Gasteiger charge is -2.18. The number of hydrogen-bond donors (Lipinski definition) is 0. The molecule has 0 heterocycles. The molecule has 0 aliphatic rings. The summed E-state index contributed by atoms with van der Waals surface area (Å²) in [5.74, 6) is -0.877. The van der Waals surface area contributed by atoms with Crippen molar-refractivity contribution in [3.8, 4) is 0 Å². The molecule has 0 aromatic rings. The highest BCUT2D eigenvalue weighted by molar-refractivity contribution is 5.71. The van der Waals surface area contributed by atoms with E-state index in [1.807, 2.05) is 0 Å². The van der Waals surface area contributed by atoms with E-state index in [1.54, 1.807) is 0 Å². The molecule has 6 nitrogen and oxygen atoms in total. The molecule has 0 amide bonds. The van der Waals surface area contributed by atoms with Crippen LogP contribution in [0.3, 0.4) is 0 Å². The molecule has 0 radical (unpaired) electrons. The molecule has 0 aromatic heterocycles. The highest BCUT2D eigenvalue weighted by atomic mass is 16.6. The third kappa shape index (κ3) is 58.0. The average Bonchev–Trinajstić information content (AvgIpc) is 3.38. The molecule has 0 aromatic carbocycles. The van der Waals surface area contributed by atoms with E-state index >= 15 is 0 Å². The van der Waals surface area contributed by atoms with Crippen LogP contribution in [0.5, 0.6) is 0 Å². The van der Waals surface area contributed by atoms with Gasteiger partial charge < -0.3 is 14.2 Å². The molecule has 0 bridgehead atoms. The Morgan fingerprint density at radius 1 is 0.292 bits per heavy atom. The van der Waals surface area contributed by atoms with Gasteiger partial charge >= 0.3 is 17.9 Å². The fourth-order valence-electron chi connectivity index (χ4n) is 9.08. The summed E-state index contributed by atoms with van der Waals surface area (Å²) in [5, 5.41) is 0. The molecule has 72 heavy (non-hydrogen) atoms. The minimum atomic E-state index is -0.771. The predicted molar refractivity (Wildman–Crippen MR) is 312 cm³/mol. The van der Waals surface area contributed by atoms with Gasteiger partial charge in [0.25, 0.3) is 0 Å². The number of unbranched alkanes of at least 4 members (excludes halogenated alkanes) is 36. The van der Waals surface area contributed by atoms with Crippen molar-refractivity contribution in [1.29, 1.82) is 0 Å². The number of esters is 3. The summed E-state index contributed by atoms with van der Waals surface area (Å²) in [5.41, 5.74) is 0. The Kier molecular flexibility index (Phi) is 58.2. The smallest absolute Gasteiger partial charge is 0.306 e. The van der Waals surface area contributed by atoms with Gasteiger partial charge in [-0.1, -0.05) is 281 Å². The van der Waals surface area contributed by atoms with Gasteiger partial charge in [0, 0.05) is 19.3 Å². The maximum Gasteiger partial charge on any atom is 0.306 e. The van der Waals surface area contributed by atoms with Crippen LogP contribution in [-0.2, 0) is 28.6 Å². The van der Waals surface area contributed by atoms with Gasteiger partial charge in [-0.25, -0.2) is 0 Å². The zero-order valence-corrected chi connectivity index (χ0v) is 47.9. The first-order valence-corrected chi connectivity index (χ1v) is 31.3. The van der Waals surface area contributed by atoms with Crippen LogP contribution in [0.15, 0.2) is 60.8 Å². The van der Waals surface area contributed by atoms with E-state index in [0.29, 0.717) is 19.3 Å². The summed E-state index contributed by atoms with van der Waals surface area (Å²) in [7, 11) is 0. The third-order valence-electron chi connectivity index (χ3n) is 13.8. The molecule has 1 atom stereocenters. The van der Waals surface area contributed by atoms with Crippen molar-refractivity contribution < 1.29 is 28.6 Å². The zero-order valence-electron chi connectivity index (χ0n) is 47.9. The quantitative estimate of drug-likeness (QED) is 0.0261. The van der Waals surface area contributed by atoms with E-state index in [9.17, 15) is 14.4 Å². The second-order valence-electron chi connectivity index (χ2n) is 20.9. The maximum atomic E-state index is 12.8. The minimum absolute atomic E-state index is 0.0729. The first kappa shape index (κ1) is 69.1. The van der Waals surface area contributed by atoms with Crippen LogP contribution < -0.4 is 0 Å². The van der Waals surface area contributed by atoms with Crippen LogP contribution in [0.25, 0.3) is 0 Å². The summed E-state index contributed by atoms with van der Waals surface area (Å²) in [6.45, 7) is 6.49. The SMILES string of the molecule is CC/C=C\C/C=C\C/C=C\C/C=C\CCCCCCCCCCCCCCCCCCCCCCC(=O)OCC(COC(=O)CCCCCCCC)OC(=O)CCCCCCC/C=C\CCCCCCCC. The Balaban J connectivity index is 3.94. The first-order valence-electron chi connectivity index (χ1n) is 31.3. The molecule has 0 aliphatic heterocycles. The summed E-state index contributed by atoms with van der Waals surface area (Å²) in [6, 6.07) is 0. The highest BCUT2D eigenvalue weighted by Crippen LogP contribution is 2.17. The second-order valence-corrected chi connectivity index (χ2v) is 20.9. The monoisotopic (exact) mass is 1010 g/mol. The number of carbonyl (C=O) groups is 3. The van der Waals surface area contributed by atoms with Crippen molar-refractivity contribution in [2.24, 2.45) is 0 Å². The van der Waals surface area contributed by atoms with Gasteiger partial charge in [0.15, 0.2) is 6.10 Å². The van der Waals surface area contributed by atoms with Gasteiger partial charge in [-0.05, 0) is 83.5 Å². The van der Waals surface area contributed by atoms with Crippen LogP contribution in [-0.4, -0.2) is 37.2 Å². The lowest BCUT2D eigenvalue weighted by molar-refractivity contribution is -0.167. The van der Waals surface area contributed by atoms with Crippen LogP contribution in [0, 0.1) is 0 Å². The average molecular weight is 1010 g/mol. The van der Waals surface area contributed by atoms with Crippen molar-refractivity contribution in [3.63, 3.8) is 0 Å². The second kappa shape index (κ2) is 60.7. The number of carbonyl (C=O) groups excluding carboxylic acids is 3. The summed E-state index contributed by atoms with van der Waals surface area (Å²) < 4.78 is 16.8. The van der Waals surface area contributed by atoms with Gasteiger partial charge in [-0.2, -0.15) is 0 Å². The molecule has 0 saturated heterocycles. The molecule has 1 unspecified atom stereocenters. The largest absolute Gasteiger partial charge is 0.462 e. The number of allylic oxidation sites excluding steroid dienone is 10. The summed E-state index contributed by atoms with van der Waals surface area (Å²) >= 11 is 0. The van der Waals surface area contributed by atoms with Crippen molar-refractivity contribution in [3.05, 3.63) is 60.8 Å². The third-order valence-corrected chi connectivity index (χ3v) is 13.8. The van der Waals surface area contributed by atoms with E-state index in [2.05, 4.69) is 81.5 Å². The van der Waals surface area contributed by atoms with Crippen LogP contribution in [0.1, 0.15) is 323 Å². The fraction of sp³-hybridized carbons (Fsp3) is 0.803. The van der Waals surface area contributed by atoms with E-state index in [4.69, 9.17) is 14.2 Å². The fourth-order valence-corrected chi connectivity index (χ4v) is 9.08. The van der Waals surface area contributed by atoms with Crippen molar-refractivity contribution >= 4 is 17.9 Å². The summed E-state index contributed by atoms with van der Waals surface area (Å²) in [6.07, 6.45) is 77.1. The first-order chi connectivity index (χ1) is 35.5. The molecular formula is C66H118O6. The van der Waals surface area contributed by atoms with Crippen LogP contribution in [0.4, 0.5) is 0 Å². The van der Waals surface area contributed by atoms with Crippen molar-refractivity contribution in [2.45, 2.75) is 329 Å². The highest BCUT2D eigenvalue weighted by Gasteiger charge is 2.19. The topological polar surface area (TPSA) is 78.9 Å². The Morgan fingerprint density at radius 2 is 0.542 bits per heavy atom. The van der Waals surface area contributed by atoms with Gasteiger partial charge in [0.1, 0.15) is 13.2 Å². The zero-order chi connectivity index (χ0) is 52.2. The molecule has 6 heteroatoms. The molecule has 418 valence electrons. The van der Waals surface area contributed by atoms with Crippen molar-refractivity contribution in [1.82, 2.24) is 0 Å². The van der Waals surface area contributed by atoms with E-state index < -0.39 is 6.10 Å². The molecule has 0 N–H and O–H groups in total. The van der Waals surface area contributed by atoms with E-state index in [1.165, 1.54) is 193 Å². The number of hydrogen-bond acceptors (Lipinski definition) is 6. The maximum absolute atomic E-state index is 12.8.